The van der Waals surface area contributed by atoms with Gasteiger partial charge in [0, 0.05) is 24.7 Å². The number of nitrogens with one attached hydrogen (secondary N) is 2. The number of piperidine rings is 1. The van der Waals surface area contributed by atoms with Gasteiger partial charge >= 0.3 is 0 Å². The first-order valence-corrected chi connectivity index (χ1v) is 11.9. The van der Waals surface area contributed by atoms with E-state index in [2.05, 4.69) is 27.9 Å². The molecule has 2 aromatic rings. The van der Waals surface area contributed by atoms with E-state index in [0.29, 0.717) is 18.2 Å². The number of carbonyl (C=O) groups is 1. The van der Waals surface area contributed by atoms with E-state index in [0.717, 1.165) is 24.2 Å². The molecule has 1 heterocycles. The van der Waals surface area contributed by atoms with Gasteiger partial charge in [0.25, 0.3) is 5.91 Å². The Bertz CT molecular complexity index is 1000. The SMILES string of the molecule is CNS(=O)(=O)c1ccc(C)c(C(=O)NCc2ccccc2CN2CCCCC2C)c1. The lowest BCUT2D eigenvalue weighted by Crippen LogP contribution is -2.37. The van der Waals surface area contributed by atoms with E-state index in [4.69, 9.17) is 0 Å². The molecule has 1 amide bonds. The molecule has 162 valence electrons. The first-order chi connectivity index (χ1) is 14.3. The van der Waals surface area contributed by atoms with Crippen molar-refractivity contribution in [2.45, 2.75) is 57.1 Å². The van der Waals surface area contributed by atoms with Crippen molar-refractivity contribution in [3.8, 4) is 0 Å². The Morgan fingerprint density at radius 1 is 1.13 bits per heavy atom. The van der Waals surface area contributed by atoms with Crippen molar-refractivity contribution < 1.29 is 13.2 Å². The molecule has 2 N–H and O–H groups in total. The van der Waals surface area contributed by atoms with Crippen LogP contribution in [0, 0.1) is 6.92 Å². The van der Waals surface area contributed by atoms with Crippen LogP contribution in [0.4, 0.5) is 0 Å². The lowest BCUT2D eigenvalue weighted by molar-refractivity contribution is 0.0949. The minimum atomic E-state index is -3.60. The summed E-state index contributed by atoms with van der Waals surface area (Å²) in [4.78, 5) is 15.4. The molecule has 1 unspecified atom stereocenters. The van der Waals surface area contributed by atoms with E-state index in [9.17, 15) is 13.2 Å². The molecule has 7 heteroatoms. The zero-order chi connectivity index (χ0) is 21.7. The molecule has 0 aliphatic carbocycles. The summed E-state index contributed by atoms with van der Waals surface area (Å²) in [6, 6.07) is 13.3. The fourth-order valence-electron chi connectivity index (χ4n) is 3.90. The number of amides is 1. The summed E-state index contributed by atoms with van der Waals surface area (Å²) >= 11 is 0. The van der Waals surface area contributed by atoms with Gasteiger partial charge in [-0.1, -0.05) is 36.8 Å². The van der Waals surface area contributed by atoms with Crippen molar-refractivity contribution in [1.82, 2.24) is 14.9 Å². The second-order valence-corrected chi connectivity index (χ2v) is 9.84. The van der Waals surface area contributed by atoms with Gasteiger partial charge in [-0.2, -0.15) is 0 Å². The molecule has 0 aromatic heterocycles. The maximum Gasteiger partial charge on any atom is 0.251 e. The molecule has 1 saturated heterocycles. The van der Waals surface area contributed by atoms with Gasteiger partial charge < -0.3 is 5.32 Å². The zero-order valence-corrected chi connectivity index (χ0v) is 18.8. The molecule has 1 aliphatic heterocycles. The highest BCUT2D eigenvalue weighted by atomic mass is 32.2. The predicted octanol–water partition coefficient (Wildman–Crippen LogP) is 3.21. The molecule has 1 atom stereocenters. The highest BCUT2D eigenvalue weighted by Crippen LogP contribution is 2.21. The van der Waals surface area contributed by atoms with Gasteiger partial charge in [-0.05, 0) is 69.1 Å². The summed E-state index contributed by atoms with van der Waals surface area (Å²) in [6.45, 7) is 6.46. The summed E-state index contributed by atoms with van der Waals surface area (Å²) in [7, 11) is -2.25. The minimum absolute atomic E-state index is 0.0836. The van der Waals surface area contributed by atoms with Crippen LogP contribution in [0.25, 0.3) is 0 Å². The smallest absolute Gasteiger partial charge is 0.251 e. The average molecular weight is 430 g/mol. The lowest BCUT2D eigenvalue weighted by Gasteiger charge is -2.33. The molecule has 3 rings (SSSR count). The van der Waals surface area contributed by atoms with Crippen LogP contribution in [0.3, 0.4) is 0 Å². The lowest BCUT2D eigenvalue weighted by atomic mass is 10.0. The Balaban J connectivity index is 1.73. The van der Waals surface area contributed by atoms with Crippen LogP contribution in [0.15, 0.2) is 47.4 Å². The van der Waals surface area contributed by atoms with Gasteiger partial charge in [0.05, 0.1) is 4.90 Å². The van der Waals surface area contributed by atoms with Crippen LogP contribution in [-0.4, -0.2) is 38.9 Å². The third-order valence-electron chi connectivity index (χ3n) is 5.90. The fourth-order valence-corrected chi connectivity index (χ4v) is 4.65. The average Bonchev–Trinajstić information content (AvgIpc) is 2.74. The molecule has 0 radical (unpaired) electrons. The molecule has 6 nitrogen and oxygen atoms in total. The number of rotatable bonds is 7. The summed E-state index contributed by atoms with van der Waals surface area (Å²) in [6.07, 6.45) is 3.75. The minimum Gasteiger partial charge on any atom is -0.348 e. The number of benzene rings is 2. The van der Waals surface area contributed by atoms with Gasteiger partial charge in [-0.25, -0.2) is 13.1 Å². The van der Waals surface area contributed by atoms with Crippen LogP contribution in [-0.2, 0) is 23.1 Å². The number of aryl methyl sites for hydroxylation is 1. The Morgan fingerprint density at radius 2 is 1.87 bits per heavy atom. The maximum absolute atomic E-state index is 12.8. The second-order valence-electron chi connectivity index (χ2n) is 7.95. The highest BCUT2D eigenvalue weighted by Gasteiger charge is 2.20. The standard InChI is InChI=1S/C23H31N3O3S/c1-17-11-12-21(30(28,29)24-3)14-22(17)23(27)25-15-19-9-4-5-10-20(19)16-26-13-7-6-8-18(26)2/h4-5,9-12,14,18,24H,6-8,13,15-16H2,1-3H3,(H,25,27). The Labute approximate surface area is 179 Å². The van der Waals surface area contributed by atoms with Crippen LogP contribution in [0.1, 0.15) is 53.2 Å². The summed E-state index contributed by atoms with van der Waals surface area (Å²) in [5.41, 5.74) is 3.40. The highest BCUT2D eigenvalue weighted by molar-refractivity contribution is 7.89. The van der Waals surface area contributed by atoms with E-state index in [1.54, 1.807) is 13.0 Å². The monoisotopic (exact) mass is 429 g/mol. The normalized spacial score (nSPS) is 17.6. The summed E-state index contributed by atoms with van der Waals surface area (Å²) in [5, 5.41) is 2.97. The molecule has 0 saturated carbocycles. The Morgan fingerprint density at radius 3 is 2.57 bits per heavy atom. The topological polar surface area (TPSA) is 78.5 Å². The van der Waals surface area contributed by atoms with E-state index >= 15 is 0 Å². The summed E-state index contributed by atoms with van der Waals surface area (Å²) in [5.74, 6) is -0.276. The number of likely N-dealkylation sites (tertiary alicyclic amines) is 1. The number of carbonyl (C=O) groups excluding carboxylic acids is 1. The van der Waals surface area contributed by atoms with Crippen molar-refractivity contribution >= 4 is 15.9 Å². The van der Waals surface area contributed by atoms with Crippen LogP contribution < -0.4 is 10.0 Å². The second kappa shape index (κ2) is 9.73. The molecular formula is C23H31N3O3S. The summed E-state index contributed by atoms with van der Waals surface area (Å²) < 4.78 is 26.4. The molecule has 1 aliphatic rings. The molecule has 30 heavy (non-hydrogen) atoms. The zero-order valence-electron chi connectivity index (χ0n) is 17.9. The number of sulfonamides is 1. The quantitative estimate of drug-likeness (QED) is 0.708. The van der Waals surface area contributed by atoms with E-state index in [-0.39, 0.29) is 10.8 Å². The fraction of sp³-hybridized carbons (Fsp3) is 0.435. The number of nitrogens with zero attached hydrogens (tertiary/aromatic N) is 1. The molecular weight excluding hydrogens is 398 g/mol. The third-order valence-corrected chi connectivity index (χ3v) is 7.32. The first-order valence-electron chi connectivity index (χ1n) is 10.4. The third kappa shape index (κ3) is 5.28. The molecule has 0 spiro atoms. The van der Waals surface area contributed by atoms with Crippen molar-refractivity contribution in [3.05, 3.63) is 64.7 Å². The van der Waals surface area contributed by atoms with Crippen molar-refractivity contribution in [1.29, 1.82) is 0 Å². The molecule has 0 bridgehead atoms. The first kappa shape index (κ1) is 22.5. The van der Waals surface area contributed by atoms with E-state index in [1.807, 2.05) is 18.2 Å². The largest absolute Gasteiger partial charge is 0.348 e. The van der Waals surface area contributed by atoms with Crippen LogP contribution in [0.2, 0.25) is 0 Å². The number of hydrogen-bond donors (Lipinski definition) is 2. The van der Waals surface area contributed by atoms with E-state index in [1.165, 1.54) is 44.0 Å². The Kier molecular flexibility index (Phi) is 7.28. The van der Waals surface area contributed by atoms with Gasteiger partial charge in [0.2, 0.25) is 10.0 Å². The van der Waals surface area contributed by atoms with E-state index < -0.39 is 10.0 Å². The van der Waals surface area contributed by atoms with Crippen molar-refractivity contribution in [3.63, 3.8) is 0 Å². The predicted molar refractivity (Wildman–Crippen MR) is 119 cm³/mol. The molecule has 1 fully saturated rings. The van der Waals surface area contributed by atoms with Crippen molar-refractivity contribution in [2.75, 3.05) is 13.6 Å². The van der Waals surface area contributed by atoms with Crippen LogP contribution >= 0.6 is 0 Å². The van der Waals surface area contributed by atoms with Gasteiger partial charge in [-0.3, -0.25) is 9.69 Å². The Hall–Kier alpha value is -2.22. The van der Waals surface area contributed by atoms with Gasteiger partial charge in [-0.15, -0.1) is 0 Å². The van der Waals surface area contributed by atoms with Crippen molar-refractivity contribution in [2.24, 2.45) is 0 Å². The molecule has 2 aromatic carbocycles. The number of hydrogen-bond acceptors (Lipinski definition) is 4. The van der Waals surface area contributed by atoms with Gasteiger partial charge in [0.1, 0.15) is 0 Å². The maximum atomic E-state index is 12.8. The van der Waals surface area contributed by atoms with Crippen LogP contribution in [0.5, 0.6) is 0 Å². The van der Waals surface area contributed by atoms with Gasteiger partial charge in [0.15, 0.2) is 0 Å².